The van der Waals surface area contributed by atoms with Crippen LogP contribution >= 0.6 is 0 Å². The normalized spacial score (nSPS) is 19.4. The molecule has 2 amide bonds. The molecule has 206 valence electrons. The van der Waals surface area contributed by atoms with Gasteiger partial charge in [-0.1, -0.05) is 55.3 Å². The van der Waals surface area contributed by atoms with Crippen LogP contribution in [0.25, 0.3) is 16.7 Å². The van der Waals surface area contributed by atoms with Gasteiger partial charge in [-0.3, -0.25) is 24.7 Å². The van der Waals surface area contributed by atoms with Gasteiger partial charge in [0.2, 0.25) is 0 Å². The Morgan fingerprint density at radius 2 is 1.18 bits per heavy atom. The first kappa shape index (κ1) is 26.5. The molecular weight excluding hydrogens is 496 g/mol. The average Bonchev–Trinajstić information content (AvgIpc) is 2.99. The van der Waals surface area contributed by atoms with Crippen LogP contribution in [0.1, 0.15) is 65.6 Å². The minimum absolute atomic E-state index is 0.359. The van der Waals surface area contributed by atoms with Gasteiger partial charge in [0.25, 0.3) is 11.8 Å². The summed E-state index contributed by atoms with van der Waals surface area (Å²) in [5.41, 5.74) is 7.17. The molecule has 0 aromatic heterocycles. The van der Waals surface area contributed by atoms with Gasteiger partial charge in [-0.2, -0.15) is 0 Å². The summed E-state index contributed by atoms with van der Waals surface area (Å²) in [6.07, 6.45) is 9.53. The number of imide groups is 1. The molecule has 0 saturated carbocycles. The largest absolute Gasteiger partial charge is 0.361 e. The summed E-state index contributed by atoms with van der Waals surface area (Å²) in [5.74, 6) is -0.747. The third kappa shape index (κ3) is 6.19. The van der Waals surface area contributed by atoms with Crippen molar-refractivity contribution in [3.8, 4) is 11.1 Å². The first-order chi connectivity index (χ1) is 19.6. The molecular formula is C34H38N4O2. The second-order valence-corrected chi connectivity index (χ2v) is 11.3. The van der Waals surface area contributed by atoms with E-state index in [1.54, 1.807) is 6.20 Å². The molecule has 40 heavy (non-hydrogen) atoms. The number of nitrogens with one attached hydrogen (secondary N) is 2. The zero-order valence-electron chi connectivity index (χ0n) is 23.1. The van der Waals surface area contributed by atoms with Crippen LogP contribution in [-0.2, 0) is 17.9 Å². The van der Waals surface area contributed by atoms with Gasteiger partial charge in [0.1, 0.15) is 0 Å². The molecule has 3 aliphatic rings. The molecule has 2 N–H and O–H groups in total. The van der Waals surface area contributed by atoms with Crippen molar-refractivity contribution in [1.29, 1.82) is 0 Å². The topological polar surface area (TPSA) is 64.7 Å². The molecule has 0 radical (unpaired) electrons. The number of hydrogen-bond acceptors (Lipinski definition) is 5. The molecule has 2 saturated heterocycles. The number of nitrogens with zero attached hydrogens (tertiary/aromatic N) is 2. The molecule has 6 nitrogen and oxygen atoms in total. The summed E-state index contributed by atoms with van der Waals surface area (Å²) in [6.45, 7) is 6.65. The third-order valence-corrected chi connectivity index (χ3v) is 8.36. The standard InChI is InChI=1S/C34H38N4O2/c39-33-30-16-13-28(27-11-7-25(8-12-27)23-37-17-3-1-4-18-37)21-31(30)32(34(40)36-33)22-35-29-14-9-26(10-15-29)24-38-19-5-2-6-20-38/h7-16,21-22,35H,1-6,17-20,23-24H2,(H,36,39,40)/b32-22-. The molecule has 3 aromatic carbocycles. The van der Waals surface area contributed by atoms with Crippen LogP contribution in [0.15, 0.2) is 72.9 Å². The number of hydrogen-bond donors (Lipinski definition) is 2. The van der Waals surface area contributed by atoms with Crippen LogP contribution in [0.2, 0.25) is 0 Å². The van der Waals surface area contributed by atoms with E-state index in [0.717, 1.165) is 29.9 Å². The Balaban J connectivity index is 1.18. The van der Waals surface area contributed by atoms with Crippen molar-refractivity contribution in [1.82, 2.24) is 15.1 Å². The predicted octanol–water partition coefficient (Wildman–Crippen LogP) is 6.05. The van der Waals surface area contributed by atoms with Crippen LogP contribution in [0.3, 0.4) is 0 Å². The summed E-state index contributed by atoms with van der Waals surface area (Å²) in [4.78, 5) is 30.5. The van der Waals surface area contributed by atoms with Crippen LogP contribution in [0.4, 0.5) is 5.69 Å². The van der Waals surface area contributed by atoms with Crippen molar-refractivity contribution in [3.63, 3.8) is 0 Å². The third-order valence-electron chi connectivity index (χ3n) is 8.36. The highest BCUT2D eigenvalue weighted by molar-refractivity contribution is 6.31. The van der Waals surface area contributed by atoms with Crippen LogP contribution in [-0.4, -0.2) is 47.8 Å². The molecule has 3 heterocycles. The van der Waals surface area contributed by atoms with Gasteiger partial charge in [0.15, 0.2) is 0 Å². The number of rotatable bonds is 7. The molecule has 0 unspecified atom stereocenters. The monoisotopic (exact) mass is 534 g/mol. The van der Waals surface area contributed by atoms with Crippen molar-refractivity contribution in [2.75, 3.05) is 31.5 Å². The molecule has 3 aliphatic heterocycles. The number of amides is 2. The van der Waals surface area contributed by atoms with E-state index in [1.165, 1.54) is 75.8 Å². The SMILES string of the molecule is O=C1NC(=O)c2ccc(-c3ccc(CN4CCCCC4)cc3)cc2/C1=C/Nc1ccc(CN2CCCCC2)cc1. The van der Waals surface area contributed by atoms with Crippen molar-refractivity contribution < 1.29 is 9.59 Å². The molecule has 6 rings (SSSR count). The fourth-order valence-corrected chi connectivity index (χ4v) is 6.06. The Morgan fingerprint density at radius 1 is 0.625 bits per heavy atom. The minimum Gasteiger partial charge on any atom is -0.361 e. The number of fused-ring (bicyclic) bond motifs is 1. The molecule has 0 atom stereocenters. The Bertz CT molecular complexity index is 1380. The van der Waals surface area contributed by atoms with Gasteiger partial charge in [0, 0.05) is 36.1 Å². The van der Waals surface area contributed by atoms with E-state index in [2.05, 4.69) is 56.8 Å². The highest BCUT2D eigenvalue weighted by Crippen LogP contribution is 2.30. The lowest BCUT2D eigenvalue weighted by Crippen LogP contribution is -2.36. The van der Waals surface area contributed by atoms with Crippen LogP contribution in [0, 0.1) is 0 Å². The van der Waals surface area contributed by atoms with Crippen molar-refractivity contribution in [2.24, 2.45) is 0 Å². The summed E-state index contributed by atoms with van der Waals surface area (Å²) in [7, 11) is 0. The number of likely N-dealkylation sites (tertiary alicyclic amines) is 2. The lowest BCUT2D eigenvalue weighted by molar-refractivity contribution is -0.114. The lowest BCUT2D eigenvalue weighted by atomic mass is 9.91. The number of piperidine rings is 2. The second-order valence-electron chi connectivity index (χ2n) is 11.3. The van der Waals surface area contributed by atoms with Gasteiger partial charge in [-0.05, 0) is 98.4 Å². The summed E-state index contributed by atoms with van der Waals surface area (Å²) < 4.78 is 0. The molecule has 2 fully saturated rings. The maximum atomic E-state index is 12.9. The summed E-state index contributed by atoms with van der Waals surface area (Å²) >= 11 is 0. The minimum atomic E-state index is -0.388. The predicted molar refractivity (Wildman–Crippen MR) is 161 cm³/mol. The fraction of sp³-hybridized carbons (Fsp3) is 0.353. The van der Waals surface area contributed by atoms with Gasteiger partial charge >= 0.3 is 0 Å². The van der Waals surface area contributed by atoms with E-state index in [0.29, 0.717) is 16.7 Å². The van der Waals surface area contributed by atoms with E-state index < -0.39 is 0 Å². The maximum absolute atomic E-state index is 12.9. The number of benzene rings is 3. The molecule has 6 heteroatoms. The highest BCUT2D eigenvalue weighted by atomic mass is 16.2. The van der Waals surface area contributed by atoms with E-state index in [9.17, 15) is 9.59 Å². The fourth-order valence-electron chi connectivity index (χ4n) is 6.06. The molecule has 3 aromatic rings. The van der Waals surface area contributed by atoms with E-state index in [-0.39, 0.29) is 11.8 Å². The Morgan fingerprint density at radius 3 is 1.77 bits per heavy atom. The Hall–Kier alpha value is -3.74. The second kappa shape index (κ2) is 12.2. The zero-order chi connectivity index (χ0) is 27.3. The smallest absolute Gasteiger partial charge is 0.260 e. The number of carbonyl (C=O) groups excluding carboxylic acids is 2. The zero-order valence-corrected chi connectivity index (χ0v) is 23.1. The number of carbonyl (C=O) groups is 2. The number of anilines is 1. The average molecular weight is 535 g/mol. The quantitative estimate of drug-likeness (QED) is 0.285. The van der Waals surface area contributed by atoms with Crippen molar-refractivity contribution in [3.05, 3.63) is 95.2 Å². The van der Waals surface area contributed by atoms with Gasteiger partial charge in [-0.15, -0.1) is 0 Å². The summed E-state index contributed by atoms with van der Waals surface area (Å²) in [6, 6.07) is 22.8. The van der Waals surface area contributed by atoms with E-state index in [1.807, 2.05) is 30.3 Å². The van der Waals surface area contributed by atoms with Gasteiger partial charge < -0.3 is 5.32 Å². The van der Waals surface area contributed by atoms with E-state index >= 15 is 0 Å². The lowest BCUT2D eigenvalue weighted by Gasteiger charge is -2.26. The molecule has 0 aliphatic carbocycles. The Labute approximate surface area is 237 Å². The first-order valence-corrected chi connectivity index (χ1v) is 14.7. The van der Waals surface area contributed by atoms with Crippen LogP contribution < -0.4 is 10.6 Å². The Kier molecular flexibility index (Phi) is 8.07. The first-order valence-electron chi connectivity index (χ1n) is 14.7. The molecule has 0 spiro atoms. The van der Waals surface area contributed by atoms with Gasteiger partial charge in [0.05, 0.1) is 5.57 Å². The van der Waals surface area contributed by atoms with E-state index in [4.69, 9.17) is 0 Å². The van der Waals surface area contributed by atoms with Gasteiger partial charge in [-0.25, -0.2) is 0 Å². The van der Waals surface area contributed by atoms with Crippen molar-refractivity contribution in [2.45, 2.75) is 51.6 Å². The van der Waals surface area contributed by atoms with Crippen LogP contribution in [0.5, 0.6) is 0 Å². The highest BCUT2D eigenvalue weighted by Gasteiger charge is 2.27. The summed E-state index contributed by atoms with van der Waals surface area (Å²) in [5, 5.41) is 5.77. The maximum Gasteiger partial charge on any atom is 0.260 e. The molecule has 0 bridgehead atoms. The van der Waals surface area contributed by atoms with Crippen molar-refractivity contribution >= 4 is 23.1 Å².